The molecule has 5 nitrogen and oxygen atoms in total. The maximum absolute atomic E-state index is 10.7. The summed E-state index contributed by atoms with van der Waals surface area (Å²) in [7, 11) is 0. The van der Waals surface area contributed by atoms with Gasteiger partial charge in [-0.05, 0) is 6.07 Å². The first kappa shape index (κ1) is 10.5. The van der Waals surface area contributed by atoms with Crippen LogP contribution in [0.1, 0.15) is 17.3 Å². The number of aromatic carboxylic acids is 1. The van der Waals surface area contributed by atoms with Gasteiger partial charge in [-0.2, -0.15) is 0 Å². The van der Waals surface area contributed by atoms with E-state index in [1.165, 1.54) is 19.2 Å². The number of carbonyl (C=O) groups is 2. The van der Waals surface area contributed by atoms with E-state index >= 15 is 0 Å². The summed E-state index contributed by atoms with van der Waals surface area (Å²) >= 11 is 5.69. The van der Waals surface area contributed by atoms with Gasteiger partial charge in [0.2, 0.25) is 5.91 Å². The number of anilines is 1. The molecule has 1 aromatic heterocycles. The number of nitrogens with one attached hydrogen (secondary N) is 1. The molecule has 0 saturated heterocycles. The van der Waals surface area contributed by atoms with Gasteiger partial charge in [-0.3, -0.25) is 4.79 Å². The van der Waals surface area contributed by atoms with Gasteiger partial charge in [0.1, 0.15) is 0 Å². The first-order valence-electron chi connectivity index (χ1n) is 3.67. The average Bonchev–Trinajstić information content (AvgIpc) is 2.07. The molecule has 0 aliphatic rings. The van der Waals surface area contributed by atoms with Gasteiger partial charge in [-0.1, -0.05) is 11.6 Å². The molecule has 1 rings (SSSR count). The fourth-order valence-electron chi connectivity index (χ4n) is 0.863. The molecule has 1 heterocycles. The van der Waals surface area contributed by atoms with E-state index in [0.717, 1.165) is 0 Å². The smallest absolute Gasteiger partial charge is 0.337 e. The van der Waals surface area contributed by atoms with Crippen molar-refractivity contribution < 1.29 is 14.7 Å². The molecule has 1 aromatic rings. The lowest BCUT2D eigenvalue weighted by molar-refractivity contribution is -0.114. The number of amides is 1. The number of carboxylic acids is 1. The Hall–Kier alpha value is -1.62. The molecule has 0 saturated carbocycles. The highest BCUT2D eigenvalue weighted by Crippen LogP contribution is 2.23. The zero-order chi connectivity index (χ0) is 10.7. The number of aromatic nitrogens is 1. The second kappa shape index (κ2) is 4.06. The summed E-state index contributed by atoms with van der Waals surface area (Å²) in [5, 5.41) is 10.9. The summed E-state index contributed by atoms with van der Waals surface area (Å²) in [5.41, 5.74) is -0.0922. The van der Waals surface area contributed by atoms with Crippen LogP contribution in [-0.2, 0) is 4.79 Å². The zero-order valence-corrected chi connectivity index (χ0v) is 8.00. The maximum Gasteiger partial charge on any atom is 0.337 e. The molecular formula is C8H7ClN2O3. The second-order valence-corrected chi connectivity index (χ2v) is 2.89. The van der Waals surface area contributed by atoms with Crippen LogP contribution in [0.15, 0.2) is 12.3 Å². The van der Waals surface area contributed by atoms with E-state index in [-0.39, 0.29) is 22.3 Å². The highest BCUT2D eigenvalue weighted by molar-refractivity contribution is 6.36. The van der Waals surface area contributed by atoms with Gasteiger partial charge >= 0.3 is 5.97 Å². The van der Waals surface area contributed by atoms with Crippen LogP contribution in [0, 0.1) is 0 Å². The number of hydrogen-bond acceptors (Lipinski definition) is 3. The molecule has 1 amide bonds. The van der Waals surface area contributed by atoms with Gasteiger partial charge in [0, 0.05) is 13.1 Å². The van der Waals surface area contributed by atoms with E-state index in [1.54, 1.807) is 0 Å². The van der Waals surface area contributed by atoms with Crippen LogP contribution < -0.4 is 5.32 Å². The molecule has 0 atom stereocenters. The minimum atomic E-state index is -1.16. The summed E-state index contributed by atoms with van der Waals surface area (Å²) < 4.78 is 0. The molecule has 0 aromatic carbocycles. The quantitative estimate of drug-likeness (QED) is 0.780. The summed E-state index contributed by atoms with van der Waals surface area (Å²) in [6, 6.07) is 1.26. The van der Waals surface area contributed by atoms with Crippen molar-refractivity contribution in [3.8, 4) is 0 Å². The van der Waals surface area contributed by atoms with Crippen molar-refractivity contribution in [2.75, 3.05) is 5.32 Å². The third-order valence-electron chi connectivity index (χ3n) is 1.41. The van der Waals surface area contributed by atoms with Gasteiger partial charge in [0.15, 0.2) is 5.82 Å². The number of hydrogen-bond donors (Lipinski definition) is 2. The standard InChI is InChI=1S/C8H7ClN2O3/c1-4(12)11-7-6(9)5(8(13)14)2-3-10-7/h2-3H,1H3,(H,13,14)(H,10,11,12). The van der Waals surface area contributed by atoms with Crippen molar-refractivity contribution in [1.82, 2.24) is 4.98 Å². The molecule has 2 N–H and O–H groups in total. The van der Waals surface area contributed by atoms with Crippen molar-refractivity contribution in [2.24, 2.45) is 0 Å². The van der Waals surface area contributed by atoms with E-state index in [2.05, 4.69) is 10.3 Å². The minimum absolute atomic E-state index is 0.0547. The normalized spacial score (nSPS) is 9.57. The van der Waals surface area contributed by atoms with Gasteiger partial charge in [-0.25, -0.2) is 9.78 Å². The topological polar surface area (TPSA) is 79.3 Å². The van der Waals surface area contributed by atoms with Gasteiger partial charge in [0.25, 0.3) is 0 Å². The Morgan fingerprint density at radius 2 is 2.21 bits per heavy atom. The minimum Gasteiger partial charge on any atom is -0.478 e. The van der Waals surface area contributed by atoms with Crippen molar-refractivity contribution in [1.29, 1.82) is 0 Å². The van der Waals surface area contributed by atoms with E-state index in [9.17, 15) is 9.59 Å². The molecule has 0 radical (unpaired) electrons. The van der Waals surface area contributed by atoms with Crippen LogP contribution in [0.4, 0.5) is 5.82 Å². The first-order valence-corrected chi connectivity index (χ1v) is 4.05. The molecule has 0 bridgehead atoms. The van der Waals surface area contributed by atoms with Gasteiger partial charge < -0.3 is 10.4 Å². The summed E-state index contributed by atoms with van der Waals surface area (Å²) in [6.45, 7) is 1.28. The van der Waals surface area contributed by atoms with Crippen LogP contribution in [0.25, 0.3) is 0 Å². The lowest BCUT2D eigenvalue weighted by Gasteiger charge is -2.05. The number of nitrogens with zero attached hydrogens (tertiary/aromatic N) is 1. The Balaban J connectivity index is 3.13. The van der Waals surface area contributed by atoms with E-state index in [4.69, 9.17) is 16.7 Å². The second-order valence-electron chi connectivity index (χ2n) is 2.51. The number of carboxylic acid groups (broad SMARTS) is 1. The summed E-state index contributed by atoms with van der Waals surface area (Å²) in [4.78, 5) is 25.1. The third kappa shape index (κ3) is 2.20. The molecule has 0 aliphatic carbocycles. The monoisotopic (exact) mass is 214 g/mol. The summed E-state index contributed by atoms with van der Waals surface area (Å²) in [6.07, 6.45) is 1.26. The predicted molar refractivity (Wildman–Crippen MR) is 50.5 cm³/mol. The lowest BCUT2D eigenvalue weighted by atomic mass is 10.2. The van der Waals surface area contributed by atoms with Gasteiger partial charge in [0.05, 0.1) is 10.6 Å². The number of rotatable bonds is 2. The molecule has 14 heavy (non-hydrogen) atoms. The van der Waals surface area contributed by atoms with E-state index in [0.29, 0.717) is 0 Å². The largest absolute Gasteiger partial charge is 0.478 e. The Kier molecular flexibility index (Phi) is 3.03. The first-order chi connectivity index (χ1) is 6.52. The van der Waals surface area contributed by atoms with E-state index in [1.807, 2.05) is 0 Å². The lowest BCUT2D eigenvalue weighted by Crippen LogP contribution is -2.09. The van der Waals surface area contributed by atoms with Crippen LogP contribution in [-0.4, -0.2) is 22.0 Å². The molecule has 0 unspecified atom stereocenters. The maximum atomic E-state index is 10.7. The van der Waals surface area contributed by atoms with Crippen LogP contribution in [0.5, 0.6) is 0 Å². The zero-order valence-electron chi connectivity index (χ0n) is 7.24. The highest BCUT2D eigenvalue weighted by atomic mass is 35.5. The number of halogens is 1. The Labute approximate surface area is 84.7 Å². The molecular weight excluding hydrogens is 208 g/mol. The summed E-state index contributed by atoms with van der Waals surface area (Å²) in [5.74, 6) is -1.47. The van der Waals surface area contributed by atoms with Crippen LogP contribution in [0.2, 0.25) is 5.02 Å². The average molecular weight is 215 g/mol. The van der Waals surface area contributed by atoms with Crippen molar-refractivity contribution >= 4 is 29.3 Å². The Bertz CT molecular complexity index is 392. The highest BCUT2D eigenvalue weighted by Gasteiger charge is 2.13. The molecule has 74 valence electrons. The van der Waals surface area contributed by atoms with Crippen molar-refractivity contribution in [2.45, 2.75) is 6.92 Å². The Morgan fingerprint density at radius 1 is 1.57 bits per heavy atom. The SMILES string of the molecule is CC(=O)Nc1nccc(C(=O)O)c1Cl. The fourth-order valence-corrected chi connectivity index (χ4v) is 1.10. The fraction of sp³-hybridized carbons (Fsp3) is 0.125. The number of pyridine rings is 1. The Morgan fingerprint density at radius 3 is 2.71 bits per heavy atom. The molecule has 0 fully saturated rings. The molecule has 0 spiro atoms. The molecule has 6 heteroatoms. The van der Waals surface area contributed by atoms with Crippen molar-refractivity contribution in [3.63, 3.8) is 0 Å². The third-order valence-corrected chi connectivity index (χ3v) is 1.80. The predicted octanol–water partition coefficient (Wildman–Crippen LogP) is 1.39. The van der Waals surface area contributed by atoms with Crippen LogP contribution in [0.3, 0.4) is 0 Å². The number of carbonyl (C=O) groups excluding carboxylic acids is 1. The van der Waals surface area contributed by atoms with E-state index < -0.39 is 5.97 Å². The van der Waals surface area contributed by atoms with Crippen molar-refractivity contribution in [3.05, 3.63) is 22.8 Å². The van der Waals surface area contributed by atoms with Crippen LogP contribution >= 0.6 is 11.6 Å². The van der Waals surface area contributed by atoms with Gasteiger partial charge in [-0.15, -0.1) is 0 Å². The molecule has 0 aliphatic heterocycles.